The molecule has 0 spiro atoms. The van der Waals surface area contributed by atoms with Gasteiger partial charge in [0.1, 0.15) is 10.5 Å². The van der Waals surface area contributed by atoms with Crippen LogP contribution >= 0.6 is 23.1 Å². The van der Waals surface area contributed by atoms with Crippen molar-refractivity contribution in [3.63, 3.8) is 0 Å². The Morgan fingerprint density at radius 3 is 2.77 bits per heavy atom. The lowest BCUT2D eigenvalue weighted by molar-refractivity contribution is 0.557. The van der Waals surface area contributed by atoms with Gasteiger partial charge in [0, 0.05) is 13.6 Å². The fraction of sp³-hybridized carbons (Fsp3) is 0.286. The summed E-state index contributed by atoms with van der Waals surface area (Å²) in [5, 5.41) is 11.8. The van der Waals surface area contributed by atoms with E-state index in [1.807, 2.05) is 40.1 Å². The number of thiophene rings is 1. The number of unbranched alkanes of at least 4 members (excludes halogenated alkanes) is 1. The van der Waals surface area contributed by atoms with Crippen LogP contribution in [0.3, 0.4) is 0 Å². The van der Waals surface area contributed by atoms with Gasteiger partial charge in [0.15, 0.2) is 5.16 Å². The number of benzene rings is 1. The number of nitrogens with zero attached hydrogens (tertiary/aromatic N) is 6. The van der Waals surface area contributed by atoms with Gasteiger partial charge in [0.2, 0.25) is 5.78 Å². The lowest BCUT2D eigenvalue weighted by atomic mass is 10.2. The van der Waals surface area contributed by atoms with Crippen molar-refractivity contribution < 1.29 is 0 Å². The molecule has 5 rings (SSSR count). The summed E-state index contributed by atoms with van der Waals surface area (Å²) in [6, 6.07) is 9.35. The zero-order valence-electron chi connectivity index (χ0n) is 17.1. The van der Waals surface area contributed by atoms with Crippen LogP contribution in [0.2, 0.25) is 0 Å². The molecule has 10 heteroatoms. The van der Waals surface area contributed by atoms with Gasteiger partial charge in [-0.15, -0.1) is 21.5 Å². The molecule has 0 saturated carbocycles. The van der Waals surface area contributed by atoms with Crippen molar-refractivity contribution in [2.75, 3.05) is 0 Å². The number of hydrogen-bond acceptors (Lipinski definition) is 7. The summed E-state index contributed by atoms with van der Waals surface area (Å²) in [4.78, 5) is 30.4. The van der Waals surface area contributed by atoms with E-state index in [-0.39, 0.29) is 11.1 Å². The van der Waals surface area contributed by atoms with Gasteiger partial charge >= 0.3 is 0 Å². The minimum absolute atomic E-state index is 0.0183. The van der Waals surface area contributed by atoms with Gasteiger partial charge in [-0.25, -0.2) is 4.98 Å². The quantitative estimate of drug-likeness (QED) is 0.290. The number of fused-ring (bicyclic) bond motifs is 4. The van der Waals surface area contributed by atoms with Crippen LogP contribution in [-0.2, 0) is 19.3 Å². The third kappa shape index (κ3) is 3.26. The van der Waals surface area contributed by atoms with Crippen LogP contribution < -0.4 is 11.1 Å². The van der Waals surface area contributed by atoms with E-state index in [0.717, 1.165) is 18.4 Å². The largest absolute Gasteiger partial charge is 0.287 e. The molecular weight excluding hydrogens is 432 g/mol. The van der Waals surface area contributed by atoms with E-state index in [1.54, 1.807) is 11.6 Å². The monoisotopic (exact) mass is 452 g/mol. The summed E-state index contributed by atoms with van der Waals surface area (Å²) in [5.41, 5.74) is 1.40. The number of aryl methyl sites for hydroxylation is 1. The normalized spacial score (nSPS) is 11.8. The van der Waals surface area contributed by atoms with E-state index < -0.39 is 0 Å². The summed E-state index contributed by atoms with van der Waals surface area (Å²) >= 11 is 2.87. The Hall–Kier alpha value is -2.98. The molecule has 0 aliphatic rings. The minimum Gasteiger partial charge on any atom is -0.287 e. The molecule has 1 aromatic carbocycles. The van der Waals surface area contributed by atoms with Crippen LogP contribution in [0.15, 0.2) is 50.5 Å². The first-order chi connectivity index (χ1) is 15.1. The van der Waals surface area contributed by atoms with Crippen molar-refractivity contribution in [3.05, 3.63) is 62.2 Å². The Morgan fingerprint density at radius 1 is 1.10 bits per heavy atom. The molecule has 0 aliphatic heterocycles. The maximum Gasteiger partial charge on any atom is 0.272 e. The van der Waals surface area contributed by atoms with Crippen LogP contribution in [-0.4, -0.2) is 28.7 Å². The number of para-hydroxylation sites is 1. The highest BCUT2D eigenvalue weighted by molar-refractivity contribution is 7.98. The molecule has 5 aromatic rings. The molecule has 0 radical (unpaired) electrons. The fourth-order valence-corrected chi connectivity index (χ4v) is 5.44. The number of hydrogen-bond donors (Lipinski definition) is 0. The third-order valence-electron chi connectivity index (χ3n) is 5.29. The molecule has 0 fully saturated rings. The Morgan fingerprint density at radius 2 is 1.94 bits per heavy atom. The third-order valence-corrected chi connectivity index (χ3v) is 7.15. The molecule has 0 atom stereocenters. The molecule has 4 heterocycles. The van der Waals surface area contributed by atoms with Crippen molar-refractivity contribution >= 4 is 50.0 Å². The number of rotatable bonds is 6. The maximum absolute atomic E-state index is 13.1. The van der Waals surface area contributed by atoms with Gasteiger partial charge in [-0.2, -0.15) is 0 Å². The van der Waals surface area contributed by atoms with Gasteiger partial charge in [-0.05, 0) is 30.0 Å². The van der Waals surface area contributed by atoms with E-state index in [0.29, 0.717) is 44.7 Å². The average molecular weight is 453 g/mol. The van der Waals surface area contributed by atoms with Gasteiger partial charge in [-0.1, -0.05) is 37.2 Å². The highest BCUT2D eigenvalue weighted by Gasteiger charge is 2.17. The number of aromatic nitrogens is 6. The molecule has 0 amide bonds. The summed E-state index contributed by atoms with van der Waals surface area (Å²) in [6.07, 6.45) is 1.89. The van der Waals surface area contributed by atoms with Gasteiger partial charge in [0.05, 0.1) is 22.2 Å². The first-order valence-corrected chi connectivity index (χ1v) is 11.9. The minimum atomic E-state index is -0.0753. The Labute approximate surface area is 185 Å². The van der Waals surface area contributed by atoms with Crippen LogP contribution in [0.4, 0.5) is 0 Å². The summed E-state index contributed by atoms with van der Waals surface area (Å²) < 4.78 is 5.86. The maximum atomic E-state index is 13.1. The zero-order valence-corrected chi connectivity index (χ0v) is 18.7. The molecular formula is C21H20N6O2S2. The lowest BCUT2D eigenvalue weighted by Crippen LogP contribution is -2.23. The second kappa shape index (κ2) is 7.93. The standard InChI is InChI=1S/C21H20N6O2S2/c1-3-4-10-26-18(28)13-7-5-6-8-14(13)22-21(26)31-12-16-23-24-20-25(2)19(29)17-15(27(16)20)9-11-30-17/h5-9,11H,3-4,10,12H2,1-2H3. The van der Waals surface area contributed by atoms with Gasteiger partial charge in [-0.3, -0.25) is 23.1 Å². The smallest absolute Gasteiger partial charge is 0.272 e. The first kappa shape index (κ1) is 20.0. The van der Waals surface area contributed by atoms with Crippen molar-refractivity contribution in [2.45, 2.75) is 37.2 Å². The summed E-state index contributed by atoms with van der Waals surface area (Å²) in [5.74, 6) is 1.69. The topological polar surface area (TPSA) is 87.1 Å². The Bertz CT molecular complexity index is 1550. The molecule has 158 valence electrons. The summed E-state index contributed by atoms with van der Waals surface area (Å²) in [6.45, 7) is 2.73. The lowest BCUT2D eigenvalue weighted by Gasteiger charge is -2.12. The molecule has 0 bridgehead atoms. The Kier molecular flexibility index (Phi) is 5.11. The average Bonchev–Trinajstić information content (AvgIpc) is 3.43. The second-order valence-corrected chi connectivity index (χ2v) is 9.12. The molecule has 0 unspecified atom stereocenters. The number of thioether (sulfide) groups is 1. The van der Waals surface area contributed by atoms with Crippen LogP contribution in [0.1, 0.15) is 25.6 Å². The molecule has 8 nitrogen and oxygen atoms in total. The van der Waals surface area contributed by atoms with E-state index in [4.69, 9.17) is 4.98 Å². The van der Waals surface area contributed by atoms with E-state index in [1.165, 1.54) is 27.7 Å². The van der Waals surface area contributed by atoms with Crippen molar-refractivity contribution in [1.82, 2.24) is 28.7 Å². The van der Waals surface area contributed by atoms with Crippen molar-refractivity contribution in [3.8, 4) is 0 Å². The van der Waals surface area contributed by atoms with Crippen LogP contribution in [0.25, 0.3) is 26.9 Å². The highest BCUT2D eigenvalue weighted by atomic mass is 32.2. The predicted molar refractivity (Wildman–Crippen MR) is 124 cm³/mol. The molecule has 0 aliphatic carbocycles. The molecule has 4 aromatic heterocycles. The molecule has 0 N–H and O–H groups in total. The predicted octanol–water partition coefficient (Wildman–Crippen LogP) is 3.45. The van der Waals surface area contributed by atoms with E-state index in [2.05, 4.69) is 17.1 Å². The molecule has 0 saturated heterocycles. The molecule has 31 heavy (non-hydrogen) atoms. The summed E-state index contributed by atoms with van der Waals surface area (Å²) in [7, 11) is 1.70. The van der Waals surface area contributed by atoms with E-state index >= 15 is 0 Å². The van der Waals surface area contributed by atoms with Crippen molar-refractivity contribution in [1.29, 1.82) is 0 Å². The fourth-order valence-electron chi connectivity index (χ4n) is 3.65. The zero-order chi connectivity index (χ0) is 21.5. The SMILES string of the molecule is CCCCn1c(SCc2nnc3n(C)c(=O)c4sccc4n23)nc2ccccc2c1=O. The highest BCUT2D eigenvalue weighted by Crippen LogP contribution is 2.25. The van der Waals surface area contributed by atoms with Gasteiger partial charge < -0.3 is 0 Å². The Balaban J connectivity index is 1.59. The van der Waals surface area contributed by atoms with Crippen molar-refractivity contribution in [2.24, 2.45) is 7.05 Å². The first-order valence-electron chi connectivity index (χ1n) is 10.0. The van der Waals surface area contributed by atoms with Gasteiger partial charge in [0.25, 0.3) is 11.1 Å². The second-order valence-electron chi connectivity index (χ2n) is 7.26. The van der Waals surface area contributed by atoms with Crippen LogP contribution in [0.5, 0.6) is 0 Å². The van der Waals surface area contributed by atoms with Crippen LogP contribution in [0, 0.1) is 0 Å². The van der Waals surface area contributed by atoms with E-state index in [9.17, 15) is 9.59 Å².